The van der Waals surface area contributed by atoms with Crippen molar-refractivity contribution < 1.29 is 0 Å². The zero-order valence-corrected chi connectivity index (χ0v) is 7.84. The summed E-state index contributed by atoms with van der Waals surface area (Å²) in [5.74, 6) is 0. The van der Waals surface area contributed by atoms with Crippen LogP contribution in [0.1, 0.15) is 12.8 Å². The second-order valence-corrected chi connectivity index (χ2v) is 3.68. The Balaban J connectivity index is 2.59. The SMILES string of the molecule is C=CCC1(CC=C)CNN(C)C1. The molecule has 0 aromatic rings. The molecule has 0 aromatic heterocycles. The molecular formula is C10H18N2. The Morgan fingerprint density at radius 1 is 1.42 bits per heavy atom. The fraction of sp³-hybridized carbons (Fsp3) is 0.600. The van der Waals surface area contributed by atoms with Gasteiger partial charge in [-0.2, -0.15) is 0 Å². The molecule has 1 N–H and O–H groups in total. The Bertz CT molecular complexity index is 165. The molecule has 0 aromatic carbocycles. The van der Waals surface area contributed by atoms with Gasteiger partial charge in [0.2, 0.25) is 0 Å². The molecule has 0 bridgehead atoms. The molecule has 0 amide bonds. The van der Waals surface area contributed by atoms with E-state index < -0.39 is 0 Å². The summed E-state index contributed by atoms with van der Waals surface area (Å²) < 4.78 is 0. The highest BCUT2D eigenvalue weighted by Gasteiger charge is 2.33. The van der Waals surface area contributed by atoms with E-state index in [1.165, 1.54) is 0 Å². The van der Waals surface area contributed by atoms with E-state index in [-0.39, 0.29) is 0 Å². The van der Waals surface area contributed by atoms with E-state index in [0.717, 1.165) is 25.9 Å². The average Bonchev–Trinajstić information content (AvgIpc) is 2.34. The fourth-order valence-electron chi connectivity index (χ4n) is 1.89. The largest absolute Gasteiger partial charge is 0.255 e. The first kappa shape index (κ1) is 9.49. The van der Waals surface area contributed by atoms with Crippen molar-refractivity contribution in [1.82, 2.24) is 10.4 Å². The van der Waals surface area contributed by atoms with Crippen molar-refractivity contribution >= 4 is 0 Å². The predicted octanol–water partition coefficient (Wildman–Crippen LogP) is 1.57. The standard InChI is InChI=1S/C10H18N2/c1-4-6-10(7-5-2)8-11-12(3)9-10/h4-5,11H,1-2,6-9H2,3H3. The minimum atomic E-state index is 0.345. The van der Waals surface area contributed by atoms with Crippen molar-refractivity contribution in [2.24, 2.45) is 5.41 Å². The minimum Gasteiger partial charge on any atom is -0.255 e. The third kappa shape index (κ3) is 1.96. The first-order valence-corrected chi connectivity index (χ1v) is 4.39. The molecule has 2 nitrogen and oxygen atoms in total. The Kier molecular flexibility index (Phi) is 3.06. The van der Waals surface area contributed by atoms with Gasteiger partial charge in [-0.1, -0.05) is 12.2 Å². The van der Waals surface area contributed by atoms with E-state index in [1.807, 2.05) is 12.2 Å². The zero-order valence-electron chi connectivity index (χ0n) is 7.84. The molecule has 1 rings (SSSR count). The molecule has 1 aliphatic rings. The molecule has 0 saturated carbocycles. The van der Waals surface area contributed by atoms with Gasteiger partial charge in [0, 0.05) is 25.6 Å². The summed E-state index contributed by atoms with van der Waals surface area (Å²) in [4.78, 5) is 0. The van der Waals surface area contributed by atoms with E-state index in [4.69, 9.17) is 0 Å². The number of hydrazine groups is 1. The predicted molar refractivity (Wildman–Crippen MR) is 52.7 cm³/mol. The molecule has 2 heteroatoms. The molecule has 0 spiro atoms. The van der Waals surface area contributed by atoms with Gasteiger partial charge in [-0.3, -0.25) is 5.43 Å². The summed E-state index contributed by atoms with van der Waals surface area (Å²) >= 11 is 0. The molecule has 68 valence electrons. The van der Waals surface area contributed by atoms with Crippen LogP contribution in [0, 0.1) is 5.41 Å². The topological polar surface area (TPSA) is 15.3 Å². The first-order valence-electron chi connectivity index (χ1n) is 4.39. The lowest BCUT2D eigenvalue weighted by atomic mass is 9.82. The molecule has 0 unspecified atom stereocenters. The van der Waals surface area contributed by atoms with Crippen molar-refractivity contribution in [3.05, 3.63) is 25.3 Å². The Hall–Kier alpha value is -0.600. The van der Waals surface area contributed by atoms with Gasteiger partial charge in [0.05, 0.1) is 0 Å². The van der Waals surface area contributed by atoms with Gasteiger partial charge in [0.15, 0.2) is 0 Å². The number of hydrogen-bond acceptors (Lipinski definition) is 2. The van der Waals surface area contributed by atoms with Crippen LogP contribution in [-0.4, -0.2) is 25.1 Å². The van der Waals surface area contributed by atoms with E-state index in [0.29, 0.717) is 5.41 Å². The number of nitrogens with one attached hydrogen (secondary N) is 1. The summed E-state index contributed by atoms with van der Waals surface area (Å²) in [6, 6.07) is 0. The lowest BCUT2D eigenvalue weighted by molar-refractivity contribution is 0.274. The Morgan fingerprint density at radius 2 is 2.00 bits per heavy atom. The number of hydrogen-bond donors (Lipinski definition) is 1. The highest BCUT2D eigenvalue weighted by Crippen LogP contribution is 2.30. The van der Waals surface area contributed by atoms with Crippen LogP contribution in [0.25, 0.3) is 0 Å². The van der Waals surface area contributed by atoms with Crippen LogP contribution in [0.3, 0.4) is 0 Å². The third-order valence-corrected chi connectivity index (χ3v) is 2.45. The molecule has 1 saturated heterocycles. The molecule has 1 heterocycles. The highest BCUT2D eigenvalue weighted by atomic mass is 15.5. The van der Waals surface area contributed by atoms with E-state index in [1.54, 1.807) is 0 Å². The summed E-state index contributed by atoms with van der Waals surface area (Å²) in [5.41, 5.74) is 3.66. The Morgan fingerprint density at radius 3 is 2.33 bits per heavy atom. The molecule has 12 heavy (non-hydrogen) atoms. The molecule has 1 aliphatic heterocycles. The monoisotopic (exact) mass is 166 g/mol. The second kappa shape index (κ2) is 3.87. The van der Waals surface area contributed by atoms with Gasteiger partial charge in [0.1, 0.15) is 0 Å². The summed E-state index contributed by atoms with van der Waals surface area (Å²) in [5, 5.41) is 2.15. The van der Waals surface area contributed by atoms with Gasteiger partial charge >= 0.3 is 0 Å². The van der Waals surface area contributed by atoms with Crippen molar-refractivity contribution in [3.63, 3.8) is 0 Å². The maximum Gasteiger partial charge on any atom is 0.0203 e. The van der Waals surface area contributed by atoms with Crippen LogP contribution in [0.2, 0.25) is 0 Å². The second-order valence-electron chi connectivity index (χ2n) is 3.68. The van der Waals surface area contributed by atoms with E-state index >= 15 is 0 Å². The molecule has 0 aliphatic carbocycles. The quantitative estimate of drug-likeness (QED) is 0.638. The number of allylic oxidation sites excluding steroid dienone is 2. The molecule has 1 fully saturated rings. The van der Waals surface area contributed by atoms with Gasteiger partial charge in [0.25, 0.3) is 0 Å². The number of nitrogens with zero attached hydrogens (tertiary/aromatic N) is 1. The average molecular weight is 166 g/mol. The smallest absolute Gasteiger partial charge is 0.0203 e. The lowest BCUT2D eigenvalue weighted by Crippen LogP contribution is -2.26. The Labute approximate surface area is 74.9 Å². The molecule has 0 atom stereocenters. The number of rotatable bonds is 4. The summed E-state index contributed by atoms with van der Waals surface area (Å²) in [7, 11) is 2.08. The maximum atomic E-state index is 3.80. The van der Waals surface area contributed by atoms with Crippen LogP contribution >= 0.6 is 0 Å². The van der Waals surface area contributed by atoms with Crippen molar-refractivity contribution in [3.8, 4) is 0 Å². The molecular weight excluding hydrogens is 148 g/mol. The normalized spacial score (nSPS) is 22.4. The zero-order chi connectivity index (χ0) is 9.03. The van der Waals surface area contributed by atoms with Crippen LogP contribution in [0.15, 0.2) is 25.3 Å². The first-order chi connectivity index (χ1) is 5.72. The third-order valence-electron chi connectivity index (χ3n) is 2.45. The molecule has 0 radical (unpaired) electrons. The van der Waals surface area contributed by atoms with Crippen molar-refractivity contribution in [2.75, 3.05) is 20.1 Å². The summed E-state index contributed by atoms with van der Waals surface area (Å²) in [6.45, 7) is 9.72. The van der Waals surface area contributed by atoms with Crippen LogP contribution in [0.4, 0.5) is 0 Å². The summed E-state index contributed by atoms with van der Waals surface area (Å²) in [6.07, 6.45) is 6.14. The minimum absolute atomic E-state index is 0.345. The van der Waals surface area contributed by atoms with Crippen LogP contribution in [-0.2, 0) is 0 Å². The lowest BCUT2D eigenvalue weighted by Gasteiger charge is -2.24. The van der Waals surface area contributed by atoms with Crippen LogP contribution in [0.5, 0.6) is 0 Å². The fourth-order valence-corrected chi connectivity index (χ4v) is 1.89. The van der Waals surface area contributed by atoms with Crippen molar-refractivity contribution in [1.29, 1.82) is 0 Å². The van der Waals surface area contributed by atoms with Crippen molar-refractivity contribution in [2.45, 2.75) is 12.8 Å². The van der Waals surface area contributed by atoms with E-state index in [9.17, 15) is 0 Å². The highest BCUT2D eigenvalue weighted by molar-refractivity contribution is 4.96. The van der Waals surface area contributed by atoms with Gasteiger partial charge in [-0.15, -0.1) is 13.2 Å². The van der Waals surface area contributed by atoms with Crippen LogP contribution < -0.4 is 5.43 Å². The van der Waals surface area contributed by atoms with Gasteiger partial charge in [-0.25, -0.2) is 5.01 Å². The van der Waals surface area contributed by atoms with Gasteiger partial charge < -0.3 is 0 Å². The van der Waals surface area contributed by atoms with E-state index in [2.05, 4.69) is 30.6 Å². The van der Waals surface area contributed by atoms with Gasteiger partial charge in [-0.05, 0) is 12.8 Å². The maximum absolute atomic E-state index is 3.80.